The van der Waals surface area contributed by atoms with Crippen molar-refractivity contribution < 1.29 is 68.2 Å². The zero-order chi connectivity index (χ0) is 40.7. The molecule has 2 aromatic heterocycles. The van der Waals surface area contributed by atoms with Crippen LogP contribution in [0.3, 0.4) is 0 Å². The van der Waals surface area contributed by atoms with E-state index in [0.717, 1.165) is 10.9 Å². The number of nitrogens with one attached hydrogen (secondary N) is 4. The van der Waals surface area contributed by atoms with Gasteiger partial charge in [-0.25, -0.2) is 9.55 Å². The number of imidazole rings is 1. The van der Waals surface area contributed by atoms with Gasteiger partial charge in [-0.05, 0) is 24.3 Å². The number of carbonyl (C=O) groups excluding carboxylic acids is 2. The summed E-state index contributed by atoms with van der Waals surface area (Å²) >= 11 is 0. The van der Waals surface area contributed by atoms with Gasteiger partial charge in [0.25, 0.3) is 0 Å². The molecule has 56 heavy (non-hydrogen) atoms. The van der Waals surface area contributed by atoms with Crippen molar-refractivity contribution in [3.05, 3.63) is 58.9 Å². The van der Waals surface area contributed by atoms with Crippen molar-refractivity contribution in [3.63, 3.8) is 0 Å². The van der Waals surface area contributed by atoms with Crippen molar-refractivity contribution in [1.82, 2.24) is 30.2 Å². The first-order valence-electron chi connectivity index (χ1n) is 17.0. The SMILES string of the molecule is Nc1nc(F)nc2c1ncn2[C@@H]1O[C@H](COP(=O)(O)O)[C@@H](O)[C@@H]1O.O=C1c2c(O)ccc(O)c2C(=O)c2c(NCCNCCO)ccc(NCCNCCO)c21. The molecule has 0 bridgehead atoms. The third-order valence-corrected chi connectivity index (χ3v) is 9.01. The number of nitrogens with two attached hydrogens (primary N) is 1. The predicted molar refractivity (Wildman–Crippen MR) is 194 cm³/mol. The molecule has 1 aliphatic carbocycles. The molecule has 24 heteroatoms. The summed E-state index contributed by atoms with van der Waals surface area (Å²) in [6, 6.07) is 5.74. The number of rotatable bonds is 16. The average molecular weight is 810 g/mol. The number of aliphatic hydroxyl groups is 4. The van der Waals surface area contributed by atoms with E-state index in [9.17, 15) is 39.0 Å². The first-order chi connectivity index (χ1) is 26.7. The lowest BCUT2D eigenvalue weighted by Gasteiger charge is -2.25. The molecule has 4 atom stereocenters. The second-order valence-corrected chi connectivity index (χ2v) is 13.5. The number of carbonyl (C=O) groups is 2. The number of phosphoric acid groups is 1. The number of fused-ring (bicyclic) bond motifs is 3. The maximum absolute atomic E-state index is 13.4. The maximum atomic E-state index is 13.4. The van der Waals surface area contributed by atoms with Crippen LogP contribution in [0, 0.1) is 6.08 Å². The fraction of sp³-hybridized carbons (Fsp3) is 0.406. The summed E-state index contributed by atoms with van der Waals surface area (Å²) in [5.74, 6) is -2.08. The van der Waals surface area contributed by atoms with Gasteiger partial charge in [-0.3, -0.25) is 18.7 Å². The van der Waals surface area contributed by atoms with Gasteiger partial charge in [0.15, 0.2) is 23.2 Å². The molecular formula is C32H41FN9O13P. The fourth-order valence-electron chi connectivity index (χ4n) is 6.00. The number of nitrogens with zero attached hydrogens (tertiary/aromatic N) is 4. The summed E-state index contributed by atoms with van der Waals surface area (Å²) in [4.78, 5) is 54.8. The summed E-state index contributed by atoms with van der Waals surface area (Å²) in [6.45, 7) is 2.14. The molecule has 22 nitrogen and oxygen atoms in total. The van der Waals surface area contributed by atoms with Crippen LogP contribution in [0.4, 0.5) is 21.6 Å². The highest BCUT2D eigenvalue weighted by molar-refractivity contribution is 7.46. The molecule has 0 unspecified atom stereocenters. The normalized spacial score (nSPS) is 19.1. The number of hydrogen-bond donors (Lipinski definition) is 13. The first-order valence-corrected chi connectivity index (χ1v) is 18.5. The number of hydrogen-bond acceptors (Lipinski definition) is 19. The Labute approximate surface area is 316 Å². The van der Waals surface area contributed by atoms with E-state index in [-0.39, 0.29) is 63.9 Å². The van der Waals surface area contributed by atoms with E-state index in [1.165, 1.54) is 12.1 Å². The lowest BCUT2D eigenvalue weighted by Crippen LogP contribution is -2.33. The molecule has 0 radical (unpaired) electrons. The van der Waals surface area contributed by atoms with Gasteiger partial charge in [0.05, 0.1) is 48.4 Å². The van der Waals surface area contributed by atoms with Crippen LogP contribution < -0.4 is 27.0 Å². The number of ether oxygens (including phenoxy) is 1. The smallest absolute Gasteiger partial charge is 0.469 e. The Bertz CT molecular complexity index is 2030. The minimum Gasteiger partial charge on any atom is -0.507 e. The number of aromatic hydroxyl groups is 2. The number of aromatic nitrogens is 4. The number of nitrogen functional groups attached to an aromatic ring is 1. The van der Waals surface area contributed by atoms with Crippen LogP contribution in [-0.2, 0) is 13.8 Å². The van der Waals surface area contributed by atoms with E-state index in [0.29, 0.717) is 50.6 Å². The Kier molecular flexibility index (Phi) is 13.8. The van der Waals surface area contributed by atoms with Crippen molar-refractivity contribution in [2.75, 3.05) is 75.5 Å². The van der Waals surface area contributed by atoms with Crippen molar-refractivity contribution in [3.8, 4) is 11.5 Å². The molecule has 14 N–H and O–H groups in total. The van der Waals surface area contributed by atoms with Gasteiger partial charge < -0.3 is 72.2 Å². The zero-order valence-corrected chi connectivity index (χ0v) is 30.3. The second-order valence-electron chi connectivity index (χ2n) is 12.3. The number of benzene rings is 2. The molecular weight excluding hydrogens is 768 g/mol. The number of phenolic OH excluding ortho intramolecular Hbond substituents is 2. The lowest BCUT2D eigenvalue weighted by molar-refractivity contribution is -0.0504. The van der Waals surface area contributed by atoms with Gasteiger partial charge in [0.1, 0.15) is 29.8 Å². The van der Waals surface area contributed by atoms with Gasteiger partial charge in [-0.2, -0.15) is 14.4 Å². The number of phenols is 2. The molecule has 1 fully saturated rings. The van der Waals surface area contributed by atoms with E-state index < -0.39 is 56.6 Å². The number of ketones is 2. The molecule has 0 saturated carbocycles. The Morgan fingerprint density at radius 1 is 0.821 bits per heavy atom. The van der Waals surface area contributed by atoms with Crippen molar-refractivity contribution in [1.29, 1.82) is 0 Å². The molecule has 4 aromatic rings. The molecule has 6 rings (SSSR count). The topological polar surface area (TPSA) is 349 Å². The lowest BCUT2D eigenvalue weighted by atomic mass is 9.81. The summed E-state index contributed by atoms with van der Waals surface area (Å²) < 4.78 is 34.8. The van der Waals surface area contributed by atoms with Gasteiger partial charge in [-0.15, -0.1) is 0 Å². The second kappa shape index (κ2) is 18.4. The molecule has 0 amide bonds. The van der Waals surface area contributed by atoms with E-state index in [1.54, 1.807) is 12.1 Å². The maximum Gasteiger partial charge on any atom is 0.469 e. The van der Waals surface area contributed by atoms with Crippen LogP contribution in [0.5, 0.6) is 11.5 Å². The minimum absolute atomic E-state index is 0.00939. The van der Waals surface area contributed by atoms with E-state index in [2.05, 4.69) is 40.7 Å². The zero-order valence-electron chi connectivity index (χ0n) is 29.4. The molecule has 1 aliphatic heterocycles. The summed E-state index contributed by atoms with van der Waals surface area (Å²) in [7, 11) is -4.78. The Hall–Kier alpha value is -4.91. The van der Waals surface area contributed by atoms with Crippen molar-refractivity contribution >= 4 is 47.7 Å². The summed E-state index contributed by atoms with van der Waals surface area (Å²) in [5, 5.41) is 70.6. The van der Waals surface area contributed by atoms with Gasteiger partial charge in [0.2, 0.25) is 11.6 Å². The van der Waals surface area contributed by atoms with Crippen LogP contribution in [0.1, 0.15) is 38.1 Å². The molecule has 0 spiro atoms. The highest BCUT2D eigenvalue weighted by atomic mass is 31.2. The molecule has 304 valence electrons. The van der Waals surface area contributed by atoms with E-state index in [1.807, 2.05) is 0 Å². The number of halogens is 1. The van der Waals surface area contributed by atoms with E-state index >= 15 is 0 Å². The molecule has 1 saturated heterocycles. The average Bonchev–Trinajstić information content (AvgIpc) is 3.70. The third-order valence-electron chi connectivity index (χ3n) is 8.53. The van der Waals surface area contributed by atoms with Gasteiger partial charge in [0, 0.05) is 50.6 Å². The van der Waals surface area contributed by atoms with Crippen molar-refractivity contribution in [2.45, 2.75) is 24.5 Å². The summed E-state index contributed by atoms with van der Waals surface area (Å²) in [5.41, 5.74) is 6.20. The highest BCUT2D eigenvalue weighted by Crippen LogP contribution is 2.42. The largest absolute Gasteiger partial charge is 0.507 e. The molecule has 2 aliphatic rings. The standard InChI is InChI=1S/C22H28N4O6.C10H13FN5O7P/c27-11-9-23-5-7-25-13-1-2-14(26-8-6-24-10-12-28)18-17(13)21(31)19-15(29)3-4-16(30)20(19)22(18)32;11-10-14-7(12)4-8(15-10)16(2-13-4)9-6(18)5(17)3(23-9)1-22-24(19,20)21/h1-4,23-30H,5-12H2;2-3,5-6,9,17-18H,1H2,(H2,12,14,15)(H2,19,20,21)/t;3-,5-,6+,9-/m.1/s1. The van der Waals surface area contributed by atoms with E-state index in [4.69, 9.17) is 30.5 Å². The number of phosphoric ester groups is 1. The molecule has 3 heterocycles. The van der Waals surface area contributed by atoms with Crippen LogP contribution in [0.2, 0.25) is 0 Å². The van der Waals surface area contributed by atoms with Crippen LogP contribution in [0.15, 0.2) is 30.6 Å². The Balaban J connectivity index is 0.000000223. The van der Waals surface area contributed by atoms with Crippen LogP contribution in [0.25, 0.3) is 11.2 Å². The Morgan fingerprint density at radius 2 is 1.36 bits per heavy atom. The molecule has 2 aromatic carbocycles. The number of aliphatic hydroxyl groups excluding tert-OH is 4. The quantitative estimate of drug-likeness (QED) is 0.0225. The monoisotopic (exact) mass is 809 g/mol. The highest BCUT2D eigenvalue weighted by Gasteiger charge is 2.45. The fourth-order valence-corrected chi connectivity index (χ4v) is 6.34. The predicted octanol–water partition coefficient (Wildman–Crippen LogP) is -1.86. The Morgan fingerprint density at radius 3 is 1.86 bits per heavy atom. The van der Waals surface area contributed by atoms with Gasteiger partial charge in [-0.1, -0.05) is 0 Å². The van der Waals surface area contributed by atoms with Gasteiger partial charge >= 0.3 is 13.9 Å². The van der Waals surface area contributed by atoms with Crippen molar-refractivity contribution in [2.24, 2.45) is 0 Å². The third kappa shape index (κ3) is 9.37. The number of anilines is 3. The van der Waals surface area contributed by atoms with Crippen LogP contribution in [-0.4, -0.2) is 149 Å². The first kappa shape index (κ1) is 42.2. The summed E-state index contributed by atoms with van der Waals surface area (Å²) in [6.07, 6.45) is -5.46. The minimum atomic E-state index is -4.78. The van der Waals surface area contributed by atoms with Crippen LogP contribution >= 0.6 is 7.82 Å².